The van der Waals surface area contributed by atoms with Crippen LogP contribution in [0, 0.1) is 0 Å². The molecule has 6 rings (SSSR count). The molecule has 3 aromatic carbocycles. The molecule has 0 spiro atoms. The molecule has 3 heterocycles. The number of anilines is 2. The van der Waals surface area contributed by atoms with Crippen molar-refractivity contribution in [1.82, 2.24) is 9.88 Å². The number of ketones is 1. The second-order valence-corrected chi connectivity index (χ2v) is 9.83. The van der Waals surface area contributed by atoms with Crippen LogP contribution < -0.4 is 9.91 Å². The molecule has 1 N–H and O–H groups in total. The Hall–Kier alpha value is -3.65. The third-order valence-corrected chi connectivity index (χ3v) is 7.19. The highest BCUT2D eigenvalue weighted by Crippen LogP contribution is 2.41. The maximum atomic E-state index is 12.9. The molecule has 4 aromatic rings. The summed E-state index contributed by atoms with van der Waals surface area (Å²) in [6.45, 7) is 5.87. The molecule has 0 amide bonds. The van der Waals surface area contributed by atoms with E-state index in [9.17, 15) is 4.79 Å². The van der Waals surface area contributed by atoms with Crippen molar-refractivity contribution in [2.45, 2.75) is 19.6 Å². The summed E-state index contributed by atoms with van der Waals surface area (Å²) in [7, 11) is 0. The van der Waals surface area contributed by atoms with Crippen LogP contribution in [0.1, 0.15) is 24.2 Å². The van der Waals surface area contributed by atoms with Crippen LogP contribution in [0.4, 0.5) is 11.4 Å². The largest absolute Gasteiger partial charge is 0.379 e. The number of hydrogen-bond donors (Lipinski definition) is 1. The third-order valence-electron chi connectivity index (χ3n) is 6.94. The van der Waals surface area contributed by atoms with Gasteiger partial charge in [-0.2, -0.15) is 0 Å². The molecule has 1 atom stereocenters. The Morgan fingerprint density at radius 1 is 1.00 bits per heavy atom. The van der Waals surface area contributed by atoms with E-state index in [-0.39, 0.29) is 11.9 Å². The average molecular weight is 514 g/mol. The van der Waals surface area contributed by atoms with Crippen molar-refractivity contribution in [1.29, 1.82) is 0 Å². The number of nitrogens with one attached hydrogen (secondary N) is 1. The zero-order chi connectivity index (χ0) is 25.4. The first-order valence-corrected chi connectivity index (χ1v) is 12.8. The van der Waals surface area contributed by atoms with Crippen molar-refractivity contribution >= 4 is 45.5 Å². The molecule has 0 bridgehead atoms. The summed E-state index contributed by atoms with van der Waals surface area (Å²) in [6, 6.07) is 24.2. The van der Waals surface area contributed by atoms with Crippen molar-refractivity contribution < 1.29 is 9.53 Å². The second kappa shape index (κ2) is 10.0. The van der Waals surface area contributed by atoms with Crippen LogP contribution >= 0.6 is 11.6 Å². The van der Waals surface area contributed by atoms with E-state index in [2.05, 4.69) is 46.3 Å². The Balaban J connectivity index is 1.42. The number of para-hydroxylation sites is 1. The number of aromatic nitrogens is 1. The van der Waals surface area contributed by atoms with Gasteiger partial charge in [0, 0.05) is 59.9 Å². The van der Waals surface area contributed by atoms with Crippen LogP contribution in [-0.2, 0) is 16.1 Å². The van der Waals surface area contributed by atoms with E-state index in [1.54, 1.807) is 6.92 Å². The van der Waals surface area contributed by atoms with Gasteiger partial charge >= 0.3 is 0 Å². The maximum Gasteiger partial charge on any atom is 0.198 e. The molecule has 0 aliphatic carbocycles. The van der Waals surface area contributed by atoms with Gasteiger partial charge in [-0.05, 0) is 48.0 Å². The molecule has 0 unspecified atom stereocenters. The Labute approximate surface area is 220 Å². The Bertz CT molecular complexity index is 1440. The number of morpholine rings is 1. The molecule has 1 aromatic heterocycles. The smallest absolute Gasteiger partial charge is 0.198 e. The first-order chi connectivity index (χ1) is 18.1. The molecular weight excluding hydrogens is 486 g/mol. The lowest BCUT2D eigenvalue weighted by Gasteiger charge is -2.32. The number of benzene rings is 3. The quantitative estimate of drug-likeness (QED) is 0.364. The van der Waals surface area contributed by atoms with Gasteiger partial charge in [0.05, 0.1) is 18.9 Å². The van der Waals surface area contributed by atoms with E-state index in [1.807, 2.05) is 52.5 Å². The zero-order valence-electron chi connectivity index (χ0n) is 20.6. The molecule has 2 aliphatic rings. The maximum absolute atomic E-state index is 12.9. The second-order valence-electron chi connectivity index (χ2n) is 9.39. The van der Waals surface area contributed by atoms with E-state index < -0.39 is 0 Å². The Morgan fingerprint density at radius 2 is 1.70 bits per heavy atom. The number of hydrazone groups is 1. The number of amidine groups is 1. The van der Waals surface area contributed by atoms with Crippen LogP contribution in [0.5, 0.6) is 0 Å². The Morgan fingerprint density at radius 3 is 2.43 bits per heavy atom. The number of H-pyrrole nitrogens is 1. The SMILES string of the molecule is CC(=O)C1=NN(c2ccc(Cl)cc2)[C@@H](c2c[nH]c3ccccc23)N1c1ccc(CN2CCOCC2)cc1. The number of fused-ring (bicyclic) bond motifs is 1. The summed E-state index contributed by atoms with van der Waals surface area (Å²) in [6.07, 6.45) is 1.65. The summed E-state index contributed by atoms with van der Waals surface area (Å²) in [5, 5.41) is 8.49. The van der Waals surface area contributed by atoms with E-state index in [0.717, 1.165) is 60.7 Å². The molecule has 37 heavy (non-hydrogen) atoms. The fourth-order valence-corrected chi connectivity index (χ4v) is 5.21. The van der Waals surface area contributed by atoms with Crippen molar-refractivity contribution in [2.75, 3.05) is 36.2 Å². The molecule has 7 nitrogen and oxygen atoms in total. The van der Waals surface area contributed by atoms with Crippen molar-refractivity contribution in [3.8, 4) is 0 Å². The number of aromatic amines is 1. The number of carbonyl (C=O) groups is 1. The third kappa shape index (κ3) is 4.62. The summed E-state index contributed by atoms with van der Waals surface area (Å²) >= 11 is 6.19. The van der Waals surface area contributed by atoms with Crippen LogP contribution in [0.3, 0.4) is 0 Å². The van der Waals surface area contributed by atoms with Gasteiger partial charge in [0.1, 0.15) is 0 Å². The fourth-order valence-electron chi connectivity index (χ4n) is 5.08. The number of nitrogens with zero attached hydrogens (tertiary/aromatic N) is 4. The lowest BCUT2D eigenvalue weighted by molar-refractivity contribution is -0.111. The number of ether oxygens (including phenoxy) is 1. The molecule has 1 saturated heterocycles. The van der Waals surface area contributed by atoms with Gasteiger partial charge < -0.3 is 9.72 Å². The van der Waals surface area contributed by atoms with Gasteiger partial charge in [0.15, 0.2) is 17.8 Å². The van der Waals surface area contributed by atoms with E-state index >= 15 is 0 Å². The van der Waals surface area contributed by atoms with Crippen molar-refractivity contribution in [3.63, 3.8) is 0 Å². The molecular formula is C29H28ClN5O2. The first-order valence-electron chi connectivity index (χ1n) is 12.5. The fraction of sp³-hybridized carbons (Fsp3) is 0.241. The van der Waals surface area contributed by atoms with E-state index in [4.69, 9.17) is 21.4 Å². The molecule has 8 heteroatoms. The normalized spacial score (nSPS) is 18.4. The monoisotopic (exact) mass is 513 g/mol. The molecule has 188 valence electrons. The van der Waals surface area contributed by atoms with E-state index in [1.165, 1.54) is 5.56 Å². The highest BCUT2D eigenvalue weighted by molar-refractivity contribution is 6.44. The summed E-state index contributed by atoms with van der Waals surface area (Å²) in [5.41, 5.74) is 5.05. The minimum Gasteiger partial charge on any atom is -0.379 e. The van der Waals surface area contributed by atoms with Gasteiger partial charge in [0.2, 0.25) is 0 Å². The molecule has 0 saturated carbocycles. The van der Waals surface area contributed by atoms with Gasteiger partial charge in [0.25, 0.3) is 0 Å². The van der Waals surface area contributed by atoms with Crippen LogP contribution in [-0.4, -0.2) is 47.8 Å². The highest BCUT2D eigenvalue weighted by Gasteiger charge is 2.40. The average Bonchev–Trinajstić information content (AvgIpc) is 3.52. The number of rotatable bonds is 6. The minimum atomic E-state index is -0.360. The van der Waals surface area contributed by atoms with Crippen molar-refractivity contribution in [3.05, 3.63) is 95.1 Å². The molecule has 1 fully saturated rings. The predicted molar refractivity (Wildman–Crippen MR) is 148 cm³/mol. The molecule has 0 radical (unpaired) electrons. The molecule has 2 aliphatic heterocycles. The lowest BCUT2D eigenvalue weighted by Crippen LogP contribution is -2.38. The number of Topliss-reactive ketones (excluding diaryl/α,β-unsaturated/α-hetero) is 1. The summed E-state index contributed by atoms with van der Waals surface area (Å²) in [4.78, 5) is 20.7. The lowest BCUT2D eigenvalue weighted by atomic mass is 10.1. The topological polar surface area (TPSA) is 64.2 Å². The van der Waals surface area contributed by atoms with Gasteiger partial charge in [-0.15, -0.1) is 5.10 Å². The zero-order valence-corrected chi connectivity index (χ0v) is 21.4. The Kier molecular flexibility index (Phi) is 6.42. The minimum absolute atomic E-state index is 0.0984. The van der Waals surface area contributed by atoms with Crippen LogP contribution in [0.25, 0.3) is 10.9 Å². The summed E-state index contributed by atoms with van der Waals surface area (Å²) < 4.78 is 5.48. The number of carbonyl (C=O) groups excluding carboxylic acids is 1. The first kappa shape index (κ1) is 23.7. The van der Waals surface area contributed by atoms with Gasteiger partial charge in [-0.3, -0.25) is 14.6 Å². The van der Waals surface area contributed by atoms with Gasteiger partial charge in [-0.25, -0.2) is 5.01 Å². The van der Waals surface area contributed by atoms with Crippen molar-refractivity contribution in [2.24, 2.45) is 5.10 Å². The summed E-state index contributed by atoms with van der Waals surface area (Å²) in [5.74, 6) is 0.296. The predicted octanol–water partition coefficient (Wildman–Crippen LogP) is 5.58. The van der Waals surface area contributed by atoms with E-state index in [0.29, 0.717) is 10.9 Å². The van der Waals surface area contributed by atoms with Gasteiger partial charge in [-0.1, -0.05) is 41.9 Å². The number of halogens is 1. The van der Waals surface area contributed by atoms with Crippen LogP contribution in [0.2, 0.25) is 5.02 Å². The highest BCUT2D eigenvalue weighted by atomic mass is 35.5. The number of hydrogen-bond acceptors (Lipinski definition) is 6. The standard InChI is InChI=1S/C29H28ClN5O2/c1-20(36)28-32-35(24-12-8-22(30)9-13-24)29(26-18-31-27-5-3-2-4-25(26)27)34(28)23-10-6-21(7-11-23)19-33-14-16-37-17-15-33/h2-13,18,29,31H,14-17,19H2,1H3/t29-/m0/s1. The van der Waals surface area contributed by atoms with Crippen LogP contribution in [0.15, 0.2) is 84.1 Å².